The first-order valence-electron chi connectivity index (χ1n) is 8.96. The Hall–Kier alpha value is -3.40. The Morgan fingerprint density at radius 1 is 1.07 bits per heavy atom. The van der Waals surface area contributed by atoms with E-state index in [2.05, 4.69) is 32.0 Å². The number of fused-ring (bicyclic) bond motifs is 3. The van der Waals surface area contributed by atoms with Crippen LogP contribution in [0.15, 0.2) is 66.9 Å². The molecule has 27 heavy (non-hydrogen) atoms. The van der Waals surface area contributed by atoms with Crippen LogP contribution >= 0.6 is 0 Å². The number of carboxylic acid groups (broad SMARTS) is 1. The van der Waals surface area contributed by atoms with Crippen LogP contribution < -0.4 is 0 Å². The maximum Gasteiger partial charge on any atom is 0.328 e. The summed E-state index contributed by atoms with van der Waals surface area (Å²) < 4.78 is 1.97. The van der Waals surface area contributed by atoms with Crippen LogP contribution in [0.25, 0.3) is 33.5 Å². The smallest absolute Gasteiger partial charge is 0.328 e. The summed E-state index contributed by atoms with van der Waals surface area (Å²) in [4.78, 5) is 11.2. The Labute approximate surface area is 157 Å². The molecule has 2 heterocycles. The maximum absolute atomic E-state index is 11.2. The molecule has 1 N–H and O–H groups in total. The second-order valence-corrected chi connectivity index (χ2v) is 6.86. The summed E-state index contributed by atoms with van der Waals surface area (Å²) in [5.41, 5.74) is 4.98. The topological polar surface area (TPSA) is 54.6 Å². The number of carbonyl (C=O) groups is 1. The molecule has 4 aromatic rings. The third kappa shape index (κ3) is 2.89. The molecule has 4 heteroatoms. The zero-order valence-corrected chi connectivity index (χ0v) is 15.3. The fourth-order valence-corrected chi connectivity index (χ4v) is 3.69. The first-order chi connectivity index (χ1) is 13.1. The molecule has 0 aliphatic rings. The van der Waals surface area contributed by atoms with E-state index in [4.69, 9.17) is 5.10 Å². The van der Waals surface area contributed by atoms with Crippen LogP contribution in [0, 0.1) is 0 Å². The molecule has 0 unspecified atom stereocenters. The van der Waals surface area contributed by atoms with Crippen molar-refractivity contribution in [3.8, 4) is 11.1 Å². The van der Waals surface area contributed by atoms with E-state index in [-0.39, 0.29) is 5.92 Å². The molecule has 2 aromatic carbocycles. The van der Waals surface area contributed by atoms with Crippen LogP contribution in [0.1, 0.15) is 31.0 Å². The van der Waals surface area contributed by atoms with E-state index in [1.807, 2.05) is 47.1 Å². The average Bonchev–Trinajstić information content (AvgIpc) is 3.01. The highest BCUT2D eigenvalue weighted by atomic mass is 16.4. The van der Waals surface area contributed by atoms with Crippen molar-refractivity contribution < 1.29 is 9.90 Å². The lowest BCUT2D eigenvalue weighted by Crippen LogP contribution is -2.00. The minimum absolute atomic E-state index is 0.178. The Bertz CT molecular complexity index is 1170. The van der Waals surface area contributed by atoms with Gasteiger partial charge in [-0.2, -0.15) is 5.10 Å². The first-order valence-corrected chi connectivity index (χ1v) is 8.96. The molecule has 0 bridgehead atoms. The van der Waals surface area contributed by atoms with Gasteiger partial charge in [-0.25, -0.2) is 9.31 Å². The van der Waals surface area contributed by atoms with Crippen molar-refractivity contribution in [2.24, 2.45) is 0 Å². The number of nitrogens with zero attached hydrogens (tertiary/aromatic N) is 2. The molecular weight excluding hydrogens is 336 g/mol. The first kappa shape index (κ1) is 17.0. The van der Waals surface area contributed by atoms with Crippen molar-refractivity contribution in [3.63, 3.8) is 0 Å². The van der Waals surface area contributed by atoms with Gasteiger partial charge in [0.05, 0.1) is 17.4 Å². The van der Waals surface area contributed by atoms with Crippen molar-refractivity contribution in [1.82, 2.24) is 9.61 Å². The molecule has 0 spiro atoms. The monoisotopic (exact) mass is 356 g/mol. The van der Waals surface area contributed by atoms with Crippen molar-refractivity contribution in [2.75, 3.05) is 0 Å². The lowest BCUT2D eigenvalue weighted by atomic mass is 9.96. The van der Waals surface area contributed by atoms with E-state index < -0.39 is 5.97 Å². The largest absolute Gasteiger partial charge is 0.478 e. The van der Waals surface area contributed by atoms with Gasteiger partial charge >= 0.3 is 5.97 Å². The Morgan fingerprint density at radius 3 is 2.48 bits per heavy atom. The third-order valence-electron chi connectivity index (χ3n) is 4.75. The Balaban J connectivity index is 2.23. The van der Waals surface area contributed by atoms with E-state index in [0.717, 1.165) is 38.7 Å². The highest BCUT2D eigenvalue weighted by molar-refractivity contribution is 6.06. The fourth-order valence-electron chi connectivity index (χ4n) is 3.69. The molecule has 0 aliphatic heterocycles. The van der Waals surface area contributed by atoms with Crippen LogP contribution in [0.4, 0.5) is 0 Å². The van der Waals surface area contributed by atoms with Crippen molar-refractivity contribution >= 4 is 28.3 Å². The van der Waals surface area contributed by atoms with Crippen LogP contribution in [0.3, 0.4) is 0 Å². The summed E-state index contributed by atoms with van der Waals surface area (Å²) in [5, 5.41) is 16.1. The van der Waals surface area contributed by atoms with Gasteiger partial charge in [0.25, 0.3) is 0 Å². The second-order valence-electron chi connectivity index (χ2n) is 6.86. The number of benzene rings is 2. The summed E-state index contributed by atoms with van der Waals surface area (Å²) >= 11 is 0. The predicted octanol–water partition coefficient (Wildman–Crippen LogP) is 5.38. The number of carboxylic acids is 1. The molecule has 0 amide bonds. The molecular formula is C23H20N2O2. The molecule has 2 aromatic heterocycles. The normalized spacial score (nSPS) is 11.8. The van der Waals surface area contributed by atoms with Crippen LogP contribution in [-0.4, -0.2) is 20.7 Å². The van der Waals surface area contributed by atoms with Gasteiger partial charge in [-0.3, -0.25) is 0 Å². The Kier molecular flexibility index (Phi) is 4.24. The highest BCUT2D eigenvalue weighted by Gasteiger charge is 2.22. The van der Waals surface area contributed by atoms with Gasteiger partial charge in [0, 0.05) is 28.0 Å². The maximum atomic E-state index is 11.2. The lowest BCUT2D eigenvalue weighted by Gasteiger charge is -2.08. The molecule has 4 rings (SSSR count). The number of aliphatic carboxylic acids is 1. The molecule has 0 fully saturated rings. The van der Waals surface area contributed by atoms with Crippen LogP contribution in [-0.2, 0) is 4.79 Å². The highest BCUT2D eigenvalue weighted by Crippen LogP contribution is 2.39. The average molecular weight is 356 g/mol. The van der Waals surface area contributed by atoms with Gasteiger partial charge in [0.1, 0.15) is 0 Å². The molecule has 0 aliphatic carbocycles. The second kappa shape index (κ2) is 6.72. The van der Waals surface area contributed by atoms with Crippen LogP contribution in [0.5, 0.6) is 0 Å². The molecule has 0 saturated carbocycles. The number of hydrogen-bond donors (Lipinski definition) is 1. The van der Waals surface area contributed by atoms with Gasteiger partial charge in [-0.1, -0.05) is 68.4 Å². The van der Waals surface area contributed by atoms with E-state index in [0.29, 0.717) is 0 Å². The van der Waals surface area contributed by atoms with E-state index >= 15 is 0 Å². The molecule has 0 atom stereocenters. The lowest BCUT2D eigenvalue weighted by molar-refractivity contribution is -0.131. The van der Waals surface area contributed by atoms with E-state index in [9.17, 15) is 9.90 Å². The fraction of sp³-hybridized carbons (Fsp3) is 0.130. The Morgan fingerprint density at radius 2 is 1.78 bits per heavy atom. The molecule has 0 radical (unpaired) electrons. The molecule has 0 saturated heterocycles. The van der Waals surface area contributed by atoms with Crippen molar-refractivity contribution in [3.05, 3.63) is 78.1 Å². The summed E-state index contributed by atoms with van der Waals surface area (Å²) in [6, 6.07) is 18.2. The van der Waals surface area contributed by atoms with Gasteiger partial charge in [-0.15, -0.1) is 0 Å². The van der Waals surface area contributed by atoms with E-state index in [1.165, 1.54) is 6.08 Å². The summed E-state index contributed by atoms with van der Waals surface area (Å²) in [6.45, 7) is 4.21. The predicted molar refractivity (Wildman–Crippen MR) is 109 cm³/mol. The van der Waals surface area contributed by atoms with Gasteiger partial charge in [0.15, 0.2) is 0 Å². The van der Waals surface area contributed by atoms with Crippen molar-refractivity contribution in [2.45, 2.75) is 19.8 Å². The minimum atomic E-state index is -0.961. The minimum Gasteiger partial charge on any atom is -0.478 e. The quantitative estimate of drug-likeness (QED) is 0.500. The number of aromatic nitrogens is 2. The third-order valence-corrected chi connectivity index (χ3v) is 4.75. The summed E-state index contributed by atoms with van der Waals surface area (Å²) in [6.07, 6.45) is 4.77. The van der Waals surface area contributed by atoms with Crippen molar-refractivity contribution in [1.29, 1.82) is 0 Å². The van der Waals surface area contributed by atoms with Gasteiger partial charge < -0.3 is 5.11 Å². The van der Waals surface area contributed by atoms with E-state index in [1.54, 1.807) is 6.08 Å². The van der Waals surface area contributed by atoms with Gasteiger partial charge in [0.2, 0.25) is 0 Å². The molecule has 4 nitrogen and oxygen atoms in total. The van der Waals surface area contributed by atoms with Gasteiger partial charge in [-0.05, 0) is 17.6 Å². The SMILES string of the molecule is CC(C)c1c(/C=C/C(=O)O)c(-c2ccccc2)c2c3ccccc3cnn12. The summed E-state index contributed by atoms with van der Waals surface area (Å²) in [5.74, 6) is -0.783. The zero-order chi connectivity index (χ0) is 19.0. The molecule has 134 valence electrons. The summed E-state index contributed by atoms with van der Waals surface area (Å²) in [7, 11) is 0. The number of rotatable bonds is 4. The zero-order valence-electron chi connectivity index (χ0n) is 15.3. The standard InChI is InChI=1S/C23H20N2O2/c1-15(2)22-19(12-13-20(26)27)21(16-8-4-3-5-9-16)23-18-11-7-6-10-17(18)14-24-25(22)23/h3-15H,1-2H3,(H,26,27)/b13-12+. The van der Waals surface area contributed by atoms with Crippen LogP contribution in [0.2, 0.25) is 0 Å². The number of hydrogen-bond acceptors (Lipinski definition) is 2.